The number of nitrogens with zero attached hydrogens (tertiary/aromatic N) is 3. The SMILES string of the molecule is CCn1nc(C)c(Br)c1CN(CCOC)C(C)COC. The second-order valence-electron chi connectivity index (χ2n) is 4.93. The van der Waals surface area contributed by atoms with E-state index < -0.39 is 0 Å². The van der Waals surface area contributed by atoms with Gasteiger partial charge in [0.2, 0.25) is 0 Å². The van der Waals surface area contributed by atoms with Gasteiger partial charge in [0.05, 0.1) is 29.1 Å². The molecule has 1 aromatic heterocycles. The molecule has 0 aliphatic heterocycles. The highest BCUT2D eigenvalue weighted by molar-refractivity contribution is 9.10. The molecule has 0 spiro atoms. The van der Waals surface area contributed by atoms with Crippen LogP contribution in [-0.4, -0.2) is 54.7 Å². The lowest BCUT2D eigenvalue weighted by Gasteiger charge is -2.28. The van der Waals surface area contributed by atoms with E-state index in [4.69, 9.17) is 9.47 Å². The highest BCUT2D eigenvalue weighted by atomic mass is 79.9. The van der Waals surface area contributed by atoms with E-state index in [0.29, 0.717) is 19.3 Å². The summed E-state index contributed by atoms with van der Waals surface area (Å²) >= 11 is 3.65. The van der Waals surface area contributed by atoms with E-state index in [-0.39, 0.29) is 0 Å². The first-order chi connectivity index (χ1) is 9.54. The van der Waals surface area contributed by atoms with Crippen LogP contribution in [0.3, 0.4) is 0 Å². The van der Waals surface area contributed by atoms with E-state index >= 15 is 0 Å². The number of aryl methyl sites for hydroxylation is 2. The Hall–Kier alpha value is -0.430. The van der Waals surface area contributed by atoms with Gasteiger partial charge in [-0.05, 0) is 36.7 Å². The molecule has 1 atom stereocenters. The van der Waals surface area contributed by atoms with Gasteiger partial charge in [0.1, 0.15) is 0 Å². The van der Waals surface area contributed by atoms with Crippen molar-refractivity contribution in [1.82, 2.24) is 14.7 Å². The van der Waals surface area contributed by atoms with Gasteiger partial charge in [0.15, 0.2) is 0 Å². The summed E-state index contributed by atoms with van der Waals surface area (Å²) in [5.41, 5.74) is 2.25. The number of rotatable bonds is 9. The van der Waals surface area contributed by atoms with Crippen molar-refractivity contribution >= 4 is 15.9 Å². The largest absolute Gasteiger partial charge is 0.383 e. The van der Waals surface area contributed by atoms with Crippen LogP contribution < -0.4 is 0 Å². The molecule has 0 bridgehead atoms. The van der Waals surface area contributed by atoms with Gasteiger partial charge in [0.25, 0.3) is 0 Å². The van der Waals surface area contributed by atoms with Crippen molar-refractivity contribution in [3.8, 4) is 0 Å². The Morgan fingerprint density at radius 2 is 2.05 bits per heavy atom. The summed E-state index contributed by atoms with van der Waals surface area (Å²) in [7, 11) is 3.47. The topological polar surface area (TPSA) is 39.5 Å². The zero-order chi connectivity index (χ0) is 15.1. The molecule has 0 aliphatic rings. The first kappa shape index (κ1) is 17.6. The van der Waals surface area contributed by atoms with Crippen molar-refractivity contribution in [3.05, 3.63) is 15.9 Å². The minimum absolute atomic E-state index is 0.336. The molecule has 0 aromatic carbocycles. The molecule has 0 aliphatic carbocycles. The Bertz CT molecular complexity index is 409. The lowest BCUT2D eigenvalue weighted by Crippen LogP contribution is -2.38. The standard InChI is InChI=1S/C14H26BrN3O2/c1-6-18-13(14(15)12(3)16-18)9-17(7-8-19-4)11(2)10-20-5/h11H,6-10H2,1-5H3. The predicted molar refractivity (Wildman–Crippen MR) is 84.0 cm³/mol. The predicted octanol–water partition coefficient (Wildman–Crippen LogP) is 2.46. The molecule has 6 heteroatoms. The van der Waals surface area contributed by atoms with Crippen molar-refractivity contribution in [2.75, 3.05) is 34.0 Å². The van der Waals surface area contributed by atoms with Crippen molar-refractivity contribution in [1.29, 1.82) is 0 Å². The molecule has 0 N–H and O–H groups in total. The fourth-order valence-electron chi connectivity index (χ4n) is 2.22. The highest BCUT2D eigenvalue weighted by Gasteiger charge is 2.19. The number of ether oxygens (including phenoxy) is 2. The minimum atomic E-state index is 0.336. The monoisotopic (exact) mass is 347 g/mol. The summed E-state index contributed by atoms with van der Waals surface area (Å²) in [5, 5.41) is 4.55. The highest BCUT2D eigenvalue weighted by Crippen LogP contribution is 2.23. The second-order valence-corrected chi connectivity index (χ2v) is 5.72. The smallest absolute Gasteiger partial charge is 0.0739 e. The zero-order valence-corrected chi connectivity index (χ0v) is 14.7. The molecule has 1 aromatic rings. The summed E-state index contributed by atoms with van der Waals surface area (Å²) in [6, 6.07) is 0.336. The molecular weight excluding hydrogens is 322 g/mol. The summed E-state index contributed by atoms with van der Waals surface area (Å²) in [5.74, 6) is 0. The van der Waals surface area contributed by atoms with Gasteiger partial charge in [-0.25, -0.2) is 0 Å². The van der Waals surface area contributed by atoms with Crippen molar-refractivity contribution in [3.63, 3.8) is 0 Å². The van der Waals surface area contributed by atoms with E-state index in [2.05, 4.69) is 44.5 Å². The van der Waals surface area contributed by atoms with Crippen molar-refractivity contribution in [2.45, 2.75) is 39.9 Å². The van der Waals surface area contributed by atoms with Crippen LogP contribution in [0.2, 0.25) is 0 Å². The summed E-state index contributed by atoms with van der Waals surface area (Å²) < 4.78 is 13.6. The van der Waals surface area contributed by atoms with Crippen LogP contribution in [0.15, 0.2) is 4.47 Å². The van der Waals surface area contributed by atoms with E-state index in [1.165, 1.54) is 5.69 Å². The number of hydrogen-bond acceptors (Lipinski definition) is 4. The Morgan fingerprint density at radius 3 is 2.60 bits per heavy atom. The van der Waals surface area contributed by atoms with E-state index in [1.54, 1.807) is 14.2 Å². The first-order valence-electron chi connectivity index (χ1n) is 6.98. The maximum absolute atomic E-state index is 5.28. The fraction of sp³-hybridized carbons (Fsp3) is 0.786. The van der Waals surface area contributed by atoms with Gasteiger partial charge >= 0.3 is 0 Å². The Labute approximate surface area is 130 Å². The van der Waals surface area contributed by atoms with Crippen LogP contribution in [0.25, 0.3) is 0 Å². The van der Waals surface area contributed by atoms with E-state index in [0.717, 1.165) is 29.8 Å². The fourth-order valence-corrected chi connectivity index (χ4v) is 2.63. The van der Waals surface area contributed by atoms with Crippen LogP contribution in [0, 0.1) is 6.92 Å². The zero-order valence-electron chi connectivity index (χ0n) is 13.1. The van der Waals surface area contributed by atoms with Crippen molar-refractivity contribution in [2.24, 2.45) is 0 Å². The third-order valence-electron chi connectivity index (χ3n) is 3.42. The van der Waals surface area contributed by atoms with Gasteiger partial charge < -0.3 is 9.47 Å². The van der Waals surface area contributed by atoms with E-state index in [1.807, 2.05) is 6.92 Å². The molecule has 1 unspecified atom stereocenters. The minimum Gasteiger partial charge on any atom is -0.383 e. The van der Waals surface area contributed by atoms with Crippen LogP contribution in [0.5, 0.6) is 0 Å². The average molecular weight is 348 g/mol. The van der Waals surface area contributed by atoms with Crippen LogP contribution in [0.1, 0.15) is 25.2 Å². The maximum Gasteiger partial charge on any atom is 0.0739 e. The molecule has 0 saturated carbocycles. The first-order valence-corrected chi connectivity index (χ1v) is 7.78. The van der Waals surface area contributed by atoms with Crippen molar-refractivity contribution < 1.29 is 9.47 Å². The number of hydrogen-bond donors (Lipinski definition) is 0. The van der Waals surface area contributed by atoms with E-state index in [9.17, 15) is 0 Å². The molecule has 1 heterocycles. The summed E-state index contributed by atoms with van der Waals surface area (Å²) in [6.45, 7) is 10.3. The third-order valence-corrected chi connectivity index (χ3v) is 4.45. The average Bonchev–Trinajstić information content (AvgIpc) is 2.70. The normalized spacial score (nSPS) is 13.2. The summed E-state index contributed by atoms with van der Waals surface area (Å²) in [6.07, 6.45) is 0. The molecular formula is C14H26BrN3O2. The van der Waals surface area contributed by atoms with Crippen LogP contribution in [-0.2, 0) is 22.6 Å². The Morgan fingerprint density at radius 1 is 1.35 bits per heavy atom. The van der Waals surface area contributed by atoms with Crippen LogP contribution in [0.4, 0.5) is 0 Å². The quantitative estimate of drug-likeness (QED) is 0.687. The maximum atomic E-state index is 5.28. The van der Waals surface area contributed by atoms with Gasteiger partial charge in [-0.15, -0.1) is 0 Å². The number of halogens is 1. The Balaban J connectivity index is 2.87. The molecule has 0 radical (unpaired) electrons. The summed E-state index contributed by atoms with van der Waals surface area (Å²) in [4.78, 5) is 2.36. The molecule has 116 valence electrons. The lowest BCUT2D eigenvalue weighted by atomic mass is 10.2. The molecule has 0 saturated heterocycles. The van der Waals surface area contributed by atoms with Crippen LogP contribution >= 0.6 is 15.9 Å². The lowest BCUT2D eigenvalue weighted by molar-refractivity contribution is 0.0687. The van der Waals surface area contributed by atoms with Gasteiger partial charge in [-0.2, -0.15) is 5.10 Å². The molecule has 0 fully saturated rings. The number of aromatic nitrogens is 2. The molecule has 5 nitrogen and oxygen atoms in total. The van der Waals surface area contributed by atoms with Gasteiger partial charge in [-0.1, -0.05) is 0 Å². The third kappa shape index (κ3) is 4.55. The van der Waals surface area contributed by atoms with Gasteiger partial charge in [0, 0.05) is 39.9 Å². The Kier molecular flexibility index (Phi) is 7.72. The second kappa shape index (κ2) is 8.77. The number of methoxy groups -OCH3 is 2. The molecule has 20 heavy (non-hydrogen) atoms. The molecule has 1 rings (SSSR count). The molecule has 0 amide bonds. The van der Waals surface area contributed by atoms with Gasteiger partial charge in [-0.3, -0.25) is 9.58 Å².